The fourth-order valence-corrected chi connectivity index (χ4v) is 6.68. The second-order valence-electron chi connectivity index (χ2n) is 14.0. The molecule has 294 valence electrons. The quantitative estimate of drug-likeness (QED) is 0.0321. The van der Waals surface area contributed by atoms with Crippen molar-refractivity contribution in [3.63, 3.8) is 0 Å². The summed E-state index contributed by atoms with van der Waals surface area (Å²) in [6.07, 6.45) is 33.6. The Morgan fingerprint density at radius 2 is 0.918 bits per heavy atom. The smallest absolute Gasteiger partial charge is 0.457 e. The lowest BCUT2D eigenvalue weighted by Crippen LogP contribution is -2.29. The standard InChI is InChI=1S/C39H79O9P/c1-3-5-7-9-11-13-14-15-16-17-18-19-20-21-22-24-26-28-30-32-45-35-38(36-47-49(43,44)46-34-37(41)33-40)48-39(42)31-29-27-25-23-12-10-8-6-4-2/h37-38,40-41H,3-36H2,1-2H3,(H,43,44). The van der Waals surface area contributed by atoms with Gasteiger partial charge in [0.1, 0.15) is 12.2 Å². The molecule has 0 aromatic rings. The molecule has 3 N–H and O–H groups in total. The van der Waals surface area contributed by atoms with Crippen molar-refractivity contribution in [1.29, 1.82) is 0 Å². The fraction of sp³-hybridized carbons (Fsp3) is 0.974. The molecule has 0 aromatic carbocycles. The molecule has 0 aromatic heterocycles. The van der Waals surface area contributed by atoms with Crippen molar-refractivity contribution >= 4 is 13.8 Å². The highest BCUT2D eigenvalue weighted by Crippen LogP contribution is 2.43. The van der Waals surface area contributed by atoms with E-state index in [9.17, 15) is 19.4 Å². The Bertz CT molecular complexity index is 739. The van der Waals surface area contributed by atoms with E-state index in [0.29, 0.717) is 6.61 Å². The van der Waals surface area contributed by atoms with Crippen LogP contribution in [-0.2, 0) is 27.9 Å². The highest BCUT2D eigenvalue weighted by Gasteiger charge is 2.26. The molecule has 10 heteroatoms. The molecule has 0 aliphatic heterocycles. The molecule has 0 aliphatic carbocycles. The first-order valence-electron chi connectivity index (χ1n) is 20.5. The number of carbonyl (C=O) groups excluding carboxylic acids is 1. The number of hydrogen-bond acceptors (Lipinski definition) is 8. The number of ether oxygens (including phenoxy) is 2. The first-order valence-corrected chi connectivity index (χ1v) is 22.0. The van der Waals surface area contributed by atoms with Gasteiger partial charge in [-0.25, -0.2) is 4.57 Å². The van der Waals surface area contributed by atoms with Gasteiger partial charge in [-0.1, -0.05) is 181 Å². The second kappa shape index (κ2) is 37.2. The van der Waals surface area contributed by atoms with Gasteiger partial charge >= 0.3 is 13.8 Å². The van der Waals surface area contributed by atoms with Crippen LogP contribution in [0, 0.1) is 0 Å². The number of hydrogen-bond donors (Lipinski definition) is 3. The molecule has 0 aliphatic rings. The third-order valence-electron chi connectivity index (χ3n) is 9.04. The zero-order valence-corrected chi connectivity index (χ0v) is 32.8. The lowest BCUT2D eigenvalue weighted by atomic mass is 10.0. The first-order chi connectivity index (χ1) is 23.8. The molecule has 0 fully saturated rings. The predicted octanol–water partition coefficient (Wildman–Crippen LogP) is 10.8. The molecular formula is C39H79O9P. The van der Waals surface area contributed by atoms with Gasteiger partial charge in [0.2, 0.25) is 0 Å². The highest BCUT2D eigenvalue weighted by molar-refractivity contribution is 7.47. The Morgan fingerprint density at radius 1 is 0.551 bits per heavy atom. The largest absolute Gasteiger partial charge is 0.472 e. The molecule has 0 saturated carbocycles. The van der Waals surface area contributed by atoms with Crippen molar-refractivity contribution in [2.24, 2.45) is 0 Å². The first kappa shape index (κ1) is 48.5. The Morgan fingerprint density at radius 3 is 1.33 bits per heavy atom. The van der Waals surface area contributed by atoms with Crippen molar-refractivity contribution in [2.45, 2.75) is 212 Å². The fourth-order valence-electron chi connectivity index (χ4n) is 5.89. The van der Waals surface area contributed by atoms with Crippen LogP contribution in [0.5, 0.6) is 0 Å². The van der Waals surface area contributed by atoms with Gasteiger partial charge in [-0.05, 0) is 12.8 Å². The summed E-state index contributed by atoms with van der Waals surface area (Å²) < 4.78 is 33.2. The molecule has 3 atom stereocenters. The molecule has 0 amide bonds. The Balaban J connectivity index is 4.04. The second-order valence-corrected chi connectivity index (χ2v) is 15.5. The van der Waals surface area contributed by atoms with Gasteiger partial charge in [-0.15, -0.1) is 0 Å². The maximum absolute atomic E-state index is 12.5. The zero-order valence-electron chi connectivity index (χ0n) is 31.9. The normalized spacial score (nSPS) is 14.1. The molecule has 0 radical (unpaired) electrons. The summed E-state index contributed by atoms with van der Waals surface area (Å²) in [5.41, 5.74) is 0. The summed E-state index contributed by atoms with van der Waals surface area (Å²) in [4.78, 5) is 22.4. The molecule has 3 unspecified atom stereocenters. The van der Waals surface area contributed by atoms with E-state index in [1.807, 2.05) is 0 Å². The van der Waals surface area contributed by atoms with Crippen molar-refractivity contribution in [1.82, 2.24) is 0 Å². The monoisotopic (exact) mass is 723 g/mol. The van der Waals surface area contributed by atoms with E-state index in [1.165, 1.54) is 148 Å². The molecular weight excluding hydrogens is 643 g/mol. The average molecular weight is 723 g/mol. The number of phosphoric ester groups is 1. The third kappa shape index (κ3) is 37.0. The molecule has 49 heavy (non-hydrogen) atoms. The molecule has 0 saturated heterocycles. The molecule has 0 rings (SSSR count). The van der Waals surface area contributed by atoms with Gasteiger partial charge < -0.3 is 24.6 Å². The lowest BCUT2D eigenvalue weighted by Gasteiger charge is -2.20. The molecule has 9 nitrogen and oxygen atoms in total. The number of phosphoric acid groups is 1. The molecule has 0 spiro atoms. The minimum Gasteiger partial charge on any atom is -0.457 e. The van der Waals surface area contributed by atoms with E-state index in [-0.39, 0.29) is 25.6 Å². The van der Waals surface area contributed by atoms with Crippen LogP contribution in [0.4, 0.5) is 0 Å². The van der Waals surface area contributed by atoms with Gasteiger partial charge in [0, 0.05) is 13.0 Å². The maximum atomic E-state index is 12.5. The predicted molar refractivity (Wildman–Crippen MR) is 201 cm³/mol. The van der Waals surface area contributed by atoms with Crippen LogP contribution in [0.1, 0.15) is 200 Å². The van der Waals surface area contributed by atoms with Gasteiger partial charge in [-0.3, -0.25) is 13.8 Å². The van der Waals surface area contributed by atoms with Crippen molar-refractivity contribution < 1.29 is 43.0 Å². The van der Waals surface area contributed by atoms with Crippen LogP contribution >= 0.6 is 7.82 Å². The van der Waals surface area contributed by atoms with Gasteiger partial charge in [0.05, 0.1) is 26.4 Å². The van der Waals surface area contributed by atoms with Gasteiger partial charge in [0.25, 0.3) is 0 Å². The maximum Gasteiger partial charge on any atom is 0.472 e. The van der Waals surface area contributed by atoms with Crippen LogP contribution in [0.15, 0.2) is 0 Å². The summed E-state index contributed by atoms with van der Waals surface area (Å²) in [7, 11) is -4.50. The van der Waals surface area contributed by atoms with Gasteiger partial charge in [-0.2, -0.15) is 0 Å². The topological polar surface area (TPSA) is 132 Å². The summed E-state index contributed by atoms with van der Waals surface area (Å²) in [5, 5.41) is 18.3. The molecule has 0 bridgehead atoms. The summed E-state index contributed by atoms with van der Waals surface area (Å²) in [5.74, 6) is -0.381. The third-order valence-corrected chi connectivity index (χ3v) is 9.99. The number of unbranched alkanes of at least 4 members (excludes halogenated alkanes) is 26. The number of aliphatic hydroxyl groups excluding tert-OH is 2. The Hall–Kier alpha value is -0.540. The van der Waals surface area contributed by atoms with Gasteiger partial charge in [0.15, 0.2) is 0 Å². The van der Waals surface area contributed by atoms with E-state index in [0.717, 1.165) is 32.1 Å². The van der Waals surface area contributed by atoms with Crippen LogP contribution in [0.2, 0.25) is 0 Å². The van der Waals surface area contributed by atoms with Crippen LogP contribution < -0.4 is 0 Å². The minimum absolute atomic E-state index is 0.0574. The number of esters is 1. The van der Waals surface area contributed by atoms with Crippen molar-refractivity contribution in [3.8, 4) is 0 Å². The van der Waals surface area contributed by atoms with E-state index < -0.39 is 33.2 Å². The van der Waals surface area contributed by atoms with Crippen LogP contribution in [0.25, 0.3) is 0 Å². The lowest BCUT2D eigenvalue weighted by molar-refractivity contribution is -0.154. The number of rotatable bonds is 40. The van der Waals surface area contributed by atoms with E-state index in [1.54, 1.807) is 0 Å². The number of carbonyl (C=O) groups is 1. The zero-order chi connectivity index (χ0) is 36.1. The SMILES string of the molecule is CCCCCCCCCCCCCCCCCCCCCOCC(COP(=O)(O)OCC(O)CO)OC(=O)CCCCCCCCCCC. The van der Waals surface area contributed by atoms with E-state index in [4.69, 9.17) is 23.6 Å². The van der Waals surface area contributed by atoms with E-state index in [2.05, 4.69) is 13.8 Å². The Labute approximate surface area is 301 Å². The highest BCUT2D eigenvalue weighted by atomic mass is 31.2. The number of aliphatic hydroxyl groups is 2. The van der Waals surface area contributed by atoms with Crippen LogP contribution in [-0.4, -0.2) is 66.3 Å². The van der Waals surface area contributed by atoms with Crippen molar-refractivity contribution in [2.75, 3.05) is 33.0 Å². The molecule has 0 heterocycles. The van der Waals surface area contributed by atoms with E-state index >= 15 is 0 Å². The summed E-state index contributed by atoms with van der Waals surface area (Å²) >= 11 is 0. The average Bonchev–Trinajstić information content (AvgIpc) is 3.09. The van der Waals surface area contributed by atoms with Crippen molar-refractivity contribution in [3.05, 3.63) is 0 Å². The summed E-state index contributed by atoms with van der Waals surface area (Å²) in [6.45, 7) is 3.54. The minimum atomic E-state index is -4.50. The Kier molecular flexibility index (Phi) is 36.8. The summed E-state index contributed by atoms with van der Waals surface area (Å²) in [6, 6.07) is 0. The van der Waals surface area contributed by atoms with Crippen LogP contribution in [0.3, 0.4) is 0 Å².